The number of hydrogen-bond donors (Lipinski definition) is 1. The molecule has 0 aliphatic heterocycles. The van der Waals surface area contributed by atoms with Gasteiger partial charge in [0.05, 0.1) is 13.2 Å². The van der Waals surface area contributed by atoms with Crippen LogP contribution in [-0.2, 0) is 6.42 Å². The molecule has 2 atom stereocenters. The summed E-state index contributed by atoms with van der Waals surface area (Å²) in [7, 11) is 1.60. The Morgan fingerprint density at radius 1 is 1.41 bits per heavy atom. The number of ether oxygens (including phenoxy) is 1. The number of pyridine rings is 1. The third-order valence-corrected chi connectivity index (χ3v) is 2.93. The molecule has 0 bridgehead atoms. The van der Waals surface area contributed by atoms with Crippen LogP contribution in [-0.4, -0.2) is 23.3 Å². The summed E-state index contributed by atoms with van der Waals surface area (Å²) in [6.07, 6.45) is 5.39. The zero-order valence-corrected chi connectivity index (χ0v) is 11.0. The minimum Gasteiger partial charge on any atom is -0.481 e. The van der Waals surface area contributed by atoms with Gasteiger partial charge in [-0.05, 0) is 24.3 Å². The van der Waals surface area contributed by atoms with Crippen molar-refractivity contribution in [1.82, 2.24) is 4.98 Å². The van der Waals surface area contributed by atoms with Crippen LogP contribution in [0.4, 0.5) is 0 Å². The van der Waals surface area contributed by atoms with E-state index in [2.05, 4.69) is 18.8 Å². The fourth-order valence-corrected chi connectivity index (χ4v) is 2.08. The summed E-state index contributed by atoms with van der Waals surface area (Å²) in [5.41, 5.74) is 1.06. The van der Waals surface area contributed by atoms with E-state index in [1.807, 2.05) is 12.1 Å². The number of methoxy groups -OCH3 is 1. The van der Waals surface area contributed by atoms with Gasteiger partial charge in [-0.3, -0.25) is 0 Å². The largest absolute Gasteiger partial charge is 0.481 e. The molecule has 17 heavy (non-hydrogen) atoms. The Bertz CT molecular complexity index is 311. The summed E-state index contributed by atoms with van der Waals surface area (Å²) in [4.78, 5) is 4.13. The molecule has 0 fully saturated rings. The molecule has 3 heteroatoms. The second-order valence-corrected chi connectivity index (χ2v) is 4.70. The molecule has 0 radical (unpaired) electrons. The van der Waals surface area contributed by atoms with Crippen molar-refractivity contribution in [3.8, 4) is 5.88 Å². The van der Waals surface area contributed by atoms with Crippen molar-refractivity contribution in [2.75, 3.05) is 7.11 Å². The average molecular weight is 237 g/mol. The number of aliphatic hydroxyl groups excluding tert-OH is 1. The number of aliphatic hydroxyl groups is 1. The molecule has 3 nitrogen and oxygen atoms in total. The van der Waals surface area contributed by atoms with Gasteiger partial charge in [0.2, 0.25) is 5.88 Å². The molecule has 0 aliphatic rings. The number of nitrogens with zero attached hydrogens (tertiary/aromatic N) is 1. The zero-order valence-electron chi connectivity index (χ0n) is 11.0. The average Bonchev–Trinajstić information content (AvgIpc) is 2.30. The van der Waals surface area contributed by atoms with E-state index in [0.717, 1.165) is 12.0 Å². The molecule has 0 amide bonds. The Balaban J connectivity index is 2.41. The molecule has 0 aliphatic carbocycles. The lowest BCUT2D eigenvalue weighted by molar-refractivity contribution is 0.143. The highest BCUT2D eigenvalue weighted by Crippen LogP contribution is 2.16. The molecule has 1 heterocycles. The second kappa shape index (κ2) is 7.28. The number of aromatic nitrogens is 1. The molecule has 0 spiro atoms. The molecular weight excluding hydrogens is 214 g/mol. The summed E-state index contributed by atoms with van der Waals surface area (Å²) in [6.45, 7) is 4.37. The summed E-state index contributed by atoms with van der Waals surface area (Å²) in [5.74, 6) is 1.20. The van der Waals surface area contributed by atoms with Gasteiger partial charge in [-0.25, -0.2) is 4.98 Å². The molecule has 1 aromatic rings. The van der Waals surface area contributed by atoms with E-state index in [1.54, 1.807) is 13.3 Å². The van der Waals surface area contributed by atoms with Crippen molar-refractivity contribution >= 4 is 0 Å². The summed E-state index contributed by atoms with van der Waals surface area (Å²) in [6, 6.07) is 3.79. The first-order valence-corrected chi connectivity index (χ1v) is 6.32. The SMILES string of the molecule is CCCC(C)CC(O)Cc1ccc(OC)nc1. The van der Waals surface area contributed by atoms with Gasteiger partial charge in [-0.1, -0.05) is 32.8 Å². The molecule has 0 aromatic carbocycles. The highest BCUT2D eigenvalue weighted by atomic mass is 16.5. The number of hydrogen-bond acceptors (Lipinski definition) is 3. The molecule has 1 rings (SSSR count). The first kappa shape index (κ1) is 14.0. The minimum atomic E-state index is -0.272. The van der Waals surface area contributed by atoms with Crippen molar-refractivity contribution in [3.05, 3.63) is 23.9 Å². The fourth-order valence-electron chi connectivity index (χ4n) is 2.08. The van der Waals surface area contributed by atoms with E-state index in [-0.39, 0.29) is 6.10 Å². The smallest absolute Gasteiger partial charge is 0.212 e. The van der Waals surface area contributed by atoms with Gasteiger partial charge in [0, 0.05) is 12.3 Å². The molecule has 0 saturated carbocycles. The van der Waals surface area contributed by atoms with Crippen LogP contribution in [0.3, 0.4) is 0 Å². The molecule has 0 saturated heterocycles. The zero-order chi connectivity index (χ0) is 12.7. The quantitative estimate of drug-likeness (QED) is 0.793. The van der Waals surface area contributed by atoms with Crippen LogP contribution in [0.1, 0.15) is 38.7 Å². The van der Waals surface area contributed by atoms with Crippen molar-refractivity contribution < 1.29 is 9.84 Å². The highest BCUT2D eigenvalue weighted by Gasteiger charge is 2.10. The molecular formula is C14H23NO2. The van der Waals surface area contributed by atoms with Crippen LogP contribution >= 0.6 is 0 Å². The van der Waals surface area contributed by atoms with Crippen LogP contribution in [0, 0.1) is 5.92 Å². The highest BCUT2D eigenvalue weighted by molar-refractivity contribution is 5.18. The Hall–Kier alpha value is -1.09. The fraction of sp³-hybridized carbons (Fsp3) is 0.643. The lowest BCUT2D eigenvalue weighted by Gasteiger charge is -2.15. The van der Waals surface area contributed by atoms with E-state index in [9.17, 15) is 5.11 Å². The van der Waals surface area contributed by atoms with Gasteiger partial charge in [0.25, 0.3) is 0 Å². The van der Waals surface area contributed by atoms with Crippen LogP contribution in [0.5, 0.6) is 5.88 Å². The third kappa shape index (κ3) is 5.18. The predicted octanol–water partition coefficient (Wildman–Crippen LogP) is 2.82. The second-order valence-electron chi connectivity index (χ2n) is 4.70. The Morgan fingerprint density at radius 3 is 2.71 bits per heavy atom. The minimum absolute atomic E-state index is 0.272. The van der Waals surface area contributed by atoms with Crippen molar-refractivity contribution in [1.29, 1.82) is 0 Å². The van der Waals surface area contributed by atoms with Crippen molar-refractivity contribution in [2.45, 2.75) is 45.6 Å². The first-order valence-electron chi connectivity index (χ1n) is 6.32. The van der Waals surface area contributed by atoms with Gasteiger partial charge in [-0.2, -0.15) is 0 Å². The maximum absolute atomic E-state index is 9.97. The standard InChI is InChI=1S/C14H23NO2/c1-4-5-11(2)8-13(16)9-12-6-7-14(17-3)15-10-12/h6-7,10-11,13,16H,4-5,8-9H2,1-3H3. The molecule has 96 valence electrons. The maximum Gasteiger partial charge on any atom is 0.212 e. The van der Waals surface area contributed by atoms with Gasteiger partial charge in [-0.15, -0.1) is 0 Å². The predicted molar refractivity (Wildman–Crippen MR) is 69.2 cm³/mol. The van der Waals surface area contributed by atoms with Crippen LogP contribution < -0.4 is 4.74 Å². The lowest BCUT2D eigenvalue weighted by Crippen LogP contribution is -2.14. The van der Waals surface area contributed by atoms with Crippen LogP contribution in [0.15, 0.2) is 18.3 Å². The first-order chi connectivity index (χ1) is 8.15. The third-order valence-electron chi connectivity index (χ3n) is 2.93. The summed E-state index contributed by atoms with van der Waals surface area (Å²) < 4.78 is 5.00. The van der Waals surface area contributed by atoms with Gasteiger partial charge in [0.1, 0.15) is 0 Å². The lowest BCUT2D eigenvalue weighted by atomic mass is 9.96. The van der Waals surface area contributed by atoms with E-state index in [0.29, 0.717) is 18.2 Å². The van der Waals surface area contributed by atoms with Crippen molar-refractivity contribution in [3.63, 3.8) is 0 Å². The van der Waals surface area contributed by atoms with E-state index in [1.165, 1.54) is 12.8 Å². The van der Waals surface area contributed by atoms with E-state index < -0.39 is 0 Å². The Kier molecular flexibility index (Phi) is 5.98. The van der Waals surface area contributed by atoms with Crippen LogP contribution in [0.25, 0.3) is 0 Å². The Morgan fingerprint density at radius 2 is 2.18 bits per heavy atom. The summed E-state index contributed by atoms with van der Waals surface area (Å²) in [5, 5.41) is 9.97. The molecule has 2 unspecified atom stereocenters. The van der Waals surface area contributed by atoms with Crippen molar-refractivity contribution in [2.24, 2.45) is 5.92 Å². The van der Waals surface area contributed by atoms with Gasteiger partial charge in [0.15, 0.2) is 0 Å². The summed E-state index contributed by atoms with van der Waals surface area (Å²) >= 11 is 0. The molecule has 1 aromatic heterocycles. The molecule has 1 N–H and O–H groups in total. The van der Waals surface area contributed by atoms with Gasteiger partial charge < -0.3 is 9.84 Å². The van der Waals surface area contributed by atoms with E-state index in [4.69, 9.17) is 4.74 Å². The Labute approximate surface area is 104 Å². The monoisotopic (exact) mass is 237 g/mol. The maximum atomic E-state index is 9.97. The number of rotatable bonds is 7. The van der Waals surface area contributed by atoms with E-state index >= 15 is 0 Å². The topological polar surface area (TPSA) is 42.4 Å². The normalized spacial score (nSPS) is 14.4. The van der Waals surface area contributed by atoms with Gasteiger partial charge >= 0.3 is 0 Å². The van der Waals surface area contributed by atoms with Crippen LogP contribution in [0.2, 0.25) is 0 Å².